The number of nitrogens with one attached hydrogen (secondary N) is 1. The smallest absolute Gasteiger partial charge is 0.251 e. The van der Waals surface area contributed by atoms with Crippen molar-refractivity contribution in [1.82, 2.24) is 15.3 Å². The maximum absolute atomic E-state index is 12.5. The molecule has 0 radical (unpaired) electrons. The van der Waals surface area contributed by atoms with Crippen molar-refractivity contribution in [3.05, 3.63) is 70.4 Å². The van der Waals surface area contributed by atoms with Crippen LogP contribution in [0.5, 0.6) is 5.75 Å². The molecule has 148 valence electrons. The largest absolute Gasteiger partial charge is 0.486 e. The molecule has 1 amide bonds. The Hall–Kier alpha value is -2.57. The molecule has 4 rings (SSSR count). The molecule has 0 unspecified atom stereocenters. The number of thioether (sulfide) groups is 1. The zero-order chi connectivity index (χ0) is 20.4. The topological polar surface area (TPSA) is 64.1 Å². The minimum absolute atomic E-state index is 0.0972. The van der Waals surface area contributed by atoms with Crippen LogP contribution in [0.3, 0.4) is 0 Å². The lowest BCUT2D eigenvalue weighted by Crippen LogP contribution is -2.34. The zero-order valence-electron chi connectivity index (χ0n) is 16.1. The summed E-state index contributed by atoms with van der Waals surface area (Å²) in [4.78, 5) is 21.2. The Labute approximate surface area is 178 Å². The molecule has 3 aromatic rings. The Bertz CT molecular complexity index is 1070. The predicted molar refractivity (Wildman–Crippen MR) is 116 cm³/mol. The maximum Gasteiger partial charge on any atom is 0.251 e. The van der Waals surface area contributed by atoms with Crippen LogP contribution in [0.25, 0.3) is 11.3 Å². The molecule has 5 nitrogen and oxygen atoms in total. The van der Waals surface area contributed by atoms with Crippen molar-refractivity contribution < 1.29 is 9.53 Å². The predicted octanol–water partition coefficient (Wildman–Crippen LogP) is 4.56. The van der Waals surface area contributed by atoms with E-state index in [4.69, 9.17) is 16.3 Å². The number of aromatic nitrogens is 2. The molecule has 0 fully saturated rings. The van der Waals surface area contributed by atoms with Crippen LogP contribution < -0.4 is 10.1 Å². The van der Waals surface area contributed by atoms with Crippen LogP contribution in [0.15, 0.2) is 53.8 Å². The highest BCUT2D eigenvalue weighted by molar-refractivity contribution is 7.98. The Morgan fingerprint density at radius 3 is 2.93 bits per heavy atom. The van der Waals surface area contributed by atoms with Gasteiger partial charge in [-0.3, -0.25) is 4.79 Å². The van der Waals surface area contributed by atoms with Gasteiger partial charge in [-0.1, -0.05) is 41.6 Å². The number of nitrogens with zero attached hydrogens (tertiary/aromatic N) is 2. The molecule has 0 aliphatic carbocycles. The lowest BCUT2D eigenvalue weighted by Gasteiger charge is -2.13. The van der Waals surface area contributed by atoms with Crippen LogP contribution in [-0.2, 0) is 6.42 Å². The van der Waals surface area contributed by atoms with Gasteiger partial charge in [-0.15, -0.1) is 0 Å². The quantitative estimate of drug-likeness (QED) is 0.479. The lowest BCUT2D eigenvalue weighted by molar-refractivity contribution is 0.0933. The molecular weight excluding hydrogens is 406 g/mol. The van der Waals surface area contributed by atoms with Gasteiger partial charge in [0.05, 0.1) is 17.3 Å². The summed E-state index contributed by atoms with van der Waals surface area (Å²) in [6.45, 7) is 2.34. The number of amides is 1. The van der Waals surface area contributed by atoms with Crippen LogP contribution in [0.4, 0.5) is 0 Å². The highest BCUT2D eigenvalue weighted by Gasteiger charge is 2.27. The van der Waals surface area contributed by atoms with Crippen molar-refractivity contribution in [1.29, 1.82) is 0 Å². The monoisotopic (exact) mass is 425 g/mol. The molecule has 0 spiro atoms. The first kappa shape index (κ1) is 19.7. The van der Waals surface area contributed by atoms with Gasteiger partial charge in [0.25, 0.3) is 5.91 Å². The number of ether oxygens (including phenoxy) is 1. The Morgan fingerprint density at radius 1 is 1.31 bits per heavy atom. The maximum atomic E-state index is 12.5. The summed E-state index contributed by atoms with van der Waals surface area (Å²) in [7, 11) is 0. The van der Waals surface area contributed by atoms with E-state index >= 15 is 0 Å². The molecule has 2 aromatic carbocycles. The minimum atomic E-state index is -0.155. The summed E-state index contributed by atoms with van der Waals surface area (Å²) in [5, 5.41) is 4.23. The number of hydrogen-bond donors (Lipinski definition) is 1. The number of aryl methyl sites for hydroxylation is 1. The minimum Gasteiger partial charge on any atom is -0.486 e. The summed E-state index contributed by atoms with van der Waals surface area (Å²) in [5.74, 6) is 0.588. The Kier molecular flexibility index (Phi) is 5.74. The van der Waals surface area contributed by atoms with E-state index in [1.165, 1.54) is 11.8 Å². The fraction of sp³-hybridized carbons (Fsp3) is 0.227. The van der Waals surface area contributed by atoms with Crippen LogP contribution in [0, 0.1) is 6.92 Å². The van der Waals surface area contributed by atoms with Gasteiger partial charge in [0.2, 0.25) is 0 Å². The van der Waals surface area contributed by atoms with Gasteiger partial charge in [0.1, 0.15) is 11.9 Å². The lowest BCUT2D eigenvalue weighted by atomic mass is 10.0. The molecule has 0 saturated carbocycles. The van der Waals surface area contributed by atoms with E-state index in [0.717, 1.165) is 22.4 Å². The van der Waals surface area contributed by atoms with Crippen molar-refractivity contribution in [2.24, 2.45) is 0 Å². The van der Waals surface area contributed by atoms with Gasteiger partial charge >= 0.3 is 0 Å². The SMILES string of the molecule is CSc1nccc(-c2cc(Cl)c3c(c2)C[C@H](CNC(=O)c2ccccc2C)O3)n1. The van der Waals surface area contributed by atoms with Gasteiger partial charge in [0, 0.05) is 29.3 Å². The number of fused-ring (bicyclic) bond motifs is 1. The molecule has 29 heavy (non-hydrogen) atoms. The first-order chi connectivity index (χ1) is 14.0. The van der Waals surface area contributed by atoms with E-state index in [0.29, 0.717) is 34.5 Å². The number of carbonyl (C=O) groups excluding carboxylic acids is 1. The zero-order valence-corrected chi connectivity index (χ0v) is 17.7. The molecule has 1 aliphatic rings. The number of hydrogen-bond acceptors (Lipinski definition) is 5. The molecule has 7 heteroatoms. The standard InChI is InChI=1S/C22H20ClN3O2S/c1-13-5-3-4-6-17(13)21(27)25-12-16-10-15-9-14(11-18(23)20(15)28-16)19-7-8-24-22(26-19)29-2/h3-9,11,16H,10,12H2,1-2H3,(H,25,27)/t16-/m1/s1. The van der Waals surface area contributed by atoms with Crippen LogP contribution in [0.1, 0.15) is 21.5 Å². The van der Waals surface area contributed by atoms with Gasteiger partial charge in [-0.2, -0.15) is 0 Å². The molecule has 1 aliphatic heterocycles. The molecule has 2 heterocycles. The van der Waals surface area contributed by atoms with E-state index in [1.807, 2.05) is 49.6 Å². The molecule has 1 N–H and O–H groups in total. The second-order valence-corrected chi connectivity index (χ2v) is 8.02. The van der Waals surface area contributed by atoms with E-state index in [9.17, 15) is 4.79 Å². The van der Waals surface area contributed by atoms with E-state index in [-0.39, 0.29) is 12.0 Å². The fourth-order valence-corrected chi connectivity index (χ4v) is 4.02. The van der Waals surface area contributed by atoms with E-state index in [2.05, 4.69) is 21.4 Å². The first-order valence-corrected chi connectivity index (χ1v) is 10.9. The van der Waals surface area contributed by atoms with Crippen molar-refractivity contribution in [3.8, 4) is 17.0 Å². The fourth-order valence-electron chi connectivity index (χ4n) is 3.38. The van der Waals surface area contributed by atoms with Crippen molar-refractivity contribution in [2.45, 2.75) is 24.6 Å². The van der Waals surface area contributed by atoms with Crippen molar-refractivity contribution in [3.63, 3.8) is 0 Å². The third-order valence-electron chi connectivity index (χ3n) is 4.84. The second kappa shape index (κ2) is 8.43. The molecular formula is C22H20ClN3O2S. The molecule has 0 bridgehead atoms. The summed E-state index contributed by atoms with van der Waals surface area (Å²) in [5.41, 5.74) is 4.40. The van der Waals surface area contributed by atoms with Gasteiger partial charge in [-0.05, 0) is 43.0 Å². The number of carbonyl (C=O) groups is 1. The number of halogens is 1. The third kappa shape index (κ3) is 4.23. The molecule has 1 atom stereocenters. The average Bonchev–Trinajstić information content (AvgIpc) is 3.16. The molecule has 1 aromatic heterocycles. The van der Waals surface area contributed by atoms with Crippen LogP contribution in [-0.4, -0.2) is 34.8 Å². The highest BCUT2D eigenvalue weighted by Crippen LogP contribution is 2.39. The third-order valence-corrected chi connectivity index (χ3v) is 5.69. The van der Waals surface area contributed by atoms with Gasteiger partial charge in [-0.25, -0.2) is 9.97 Å². The second-order valence-electron chi connectivity index (χ2n) is 6.84. The number of benzene rings is 2. The highest BCUT2D eigenvalue weighted by atomic mass is 35.5. The van der Waals surface area contributed by atoms with E-state index < -0.39 is 0 Å². The summed E-state index contributed by atoms with van der Waals surface area (Å²) >= 11 is 7.98. The number of rotatable bonds is 5. The van der Waals surface area contributed by atoms with Gasteiger partial charge < -0.3 is 10.1 Å². The Balaban J connectivity index is 1.47. The average molecular weight is 426 g/mol. The summed E-state index contributed by atoms with van der Waals surface area (Å²) in [6.07, 6.45) is 4.21. The van der Waals surface area contributed by atoms with Crippen LogP contribution >= 0.6 is 23.4 Å². The first-order valence-electron chi connectivity index (χ1n) is 9.25. The van der Waals surface area contributed by atoms with Gasteiger partial charge in [0.15, 0.2) is 5.16 Å². The van der Waals surface area contributed by atoms with Crippen molar-refractivity contribution in [2.75, 3.05) is 12.8 Å². The molecule has 0 saturated heterocycles. The summed E-state index contributed by atoms with van der Waals surface area (Å²) in [6, 6.07) is 13.3. The van der Waals surface area contributed by atoms with Crippen LogP contribution in [0.2, 0.25) is 5.02 Å². The summed E-state index contributed by atoms with van der Waals surface area (Å²) < 4.78 is 6.01. The van der Waals surface area contributed by atoms with E-state index in [1.54, 1.807) is 6.20 Å². The normalized spacial score (nSPS) is 14.9. The van der Waals surface area contributed by atoms with Crippen molar-refractivity contribution >= 4 is 29.3 Å². The Morgan fingerprint density at radius 2 is 2.14 bits per heavy atom.